The molecule has 0 bridgehead atoms. The first-order valence-electron chi connectivity index (χ1n) is 4.18. The second-order valence-electron chi connectivity index (χ2n) is 2.46. The maximum Gasteiger partial charge on any atom is 0.0459 e. The molecule has 0 amide bonds. The average Bonchev–Trinajstić information content (AvgIpc) is 1.99. The molecule has 2 heteroatoms. The third kappa shape index (κ3) is 4.76. The van der Waals surface area contributed by atoms with Crippen molar-refractivity contribution in [3.8, 4) is 0 Å². The summed E-state index contributed by atoms with van der Waals surface area (Å²) >= 11 is 0. The molecule has 60 valence electrons. The lowest BCUT2D eigenvalue weighted by molar-refractivity contribution is 0.321. The second kappa shape index (κ2) is 7.03. The van der Waals surface area contributed by atoms with E-state index in [0.717, 1.165) is 0 Å². The fraction of sp³-hybridized carbons (Fsp3) is 0.750. The highest BCUT2D eigenvalue weighted by Crippen LogP contribution is 1.89. The minimum Gasteiger partial charge on any atom is -0.304 e. The normalized spacial score (nSPS) is 11.5. The van der Waals surface area contributed by atoms with Crippen molar-refractivity contribution in [2.45, 2.75) is 19.9 Å². The van der Waals surface area contributed by atoms with Crippen LogP contribution in [-0.4, -0.2) is 34.1 Å². The number of rotatable bonds is 6. The summed E-state index contributed by atoms with van der Waals surface area (Å²) in [5.41, 5.74) is 2.13. The molecule has 0 radical (unpaired) electrons. The van der Waals surface area contributed by atoms with E-state index in [1.54, 1.807) is 0 Å². The van der Waals surface area contributed by atoms with E-state index in [9.17, 15) is 0 Å². The molecule has 0 heterocycles. The third-order valence-corrected chi connectivity index (χ3v) is 2.91. The molecule has 0 fully saturated rings. The molecule has 0 atom stereocenters. The van der Waals surface area contributed by atoms with Crippen LogP contribution in [0.5, 0.6) is 0 Å². The minimum absolute atomic E-state index is 0.0825. The van der Waals surface area contributed by atoms with Gasteiger partial charge in [0.05, 0.1) is 0 Å². The van der Waals surface area contributed by atoms with Gasteiger partial charge in [0.25, 0.3) is 0 Å². The Morgan fingerprint density at radius 2 is 2.00 bits per heavy atom. The lowest BCUT2D eigenvalue weighted by atomic mass is 10.5. The third-order valence-electron chi connectivity index (χ3n) is 1.78. The Morgan fingerprint density at radius 3 is 2.40 bits per heavy atom. The van der Waals surface area contributed by atoms with Crippen LogP contribution in [-0.2, 0) is 0 Å². The second-order valence-corrected chi connectivity index (χ2v) is 4.32. The molecule has 0 aliphatic heterocycles. The zero-order valence-corrected chi connectivity index (χ0v) is 8.68. The molecule has 0 N–H and O–H groups in total. The highest BCUT2D eigenvalue weighted by Gasteiger charge is 1.95. The molecular weight excluding hydrogens is 138 g/mol. The molecule has 0 aromatic heterocycles. The smallest absolute Gasteiger partial charge is 0.0459 e. The van der Waals surface area contributed by atoms with Crippen molar-refractivity contribution in [3.63, 3.8) is 0 Å². The van der Waals surface area contributed by atoms with E-state index < -0.39 is 0 Å². The molecule has 0 aromatic carbocycles. The molecule has 0 unspecified atom stereocenters. The molecular formula is C8H19NSi. The Labute approximate surface area is 66.9 Å². The van der Waals surface area contributed by atoms with Crippen molar-refractivity contribution in [2.75, 3.05) is 19.6 Å². The molecule has 0 rings (SSSR count). The van der Waals surface area contributed by atoms with Gasteiger partial charge in [-0.2, -0.15) is 0 Å². The predicted molar refractivity (Wildman–Crippen MR) is 51.3 cm³/mol. The van der Waals surface area contributed by atoms with E-state index in [-0.39, 0.29) is 9.52 Å². The quantitative estimate of drug-likeness (QED) is 0.412. The van der Waals surface area contributed by atoms with Crippen LogP contribution in [0.1, 0.15) is 13.8 Å². The van der Waals surface area contributed by atoms with Crippen LogP contribution in [0.2, 0.25) is 6.04 Å². The Hall–Kier alpha value is -0.0831. The van der Waals surface area contributed by atoms with Gasteiger partial charge in [-0.1, -0.05) is 13.8 Å². The molecule has 10 heavy (non-hydrogen) atoms. The zero-order valence-electron chi connectivity index (χ0n) is 7.27. The Kier molecular flexibility index (Phi) is 6.97. The Balaban J connectivity index is 3.16. The highest BCUT2D eigenvalue weighted by atomic mass is 28.2. The van der Waals surface area contributed by atoms with E-state index in [4.69, 9.17) is 0 Å². The average molecular weight is 157 g/mol. The highest BCUT2D eigenvalue weighted by molar-refractivity contribution is 6.41. The molecule has 0 aliphatic carbocycles. The lowest BCUT2D eigenvalue weighted by Crippen LogP contribution is -2.24. The first-order chi connectivity index (χ1) is 4.85. The van der Waals surface area contributed by atoms with Crippen LogP contribution >= 0.6 is 0 Å². The van der Waals surface area contributed by atoms with Crippen molar-refractivity contribution in [1.82, 2.24) is 4.90 Å². The predicted octanol–water partition coefficient (Wildman–Crippen LogP) is 1.06. The van der Waals surface area contributed by atoms with Gasteiger partial charge >= 0.3 is 0 Å². The van der Waals surface area contributed by atoms with Crippen LogP contribution in [0.4, 0.5) is 0 Å². The number of nitrogens with zero attached hydrogens (tertiary/aromatic N) is 1. The van der Waals surface area contributed by atoms with Crippen LogP contribution < -0.4 is 0 Å². The summed E-state index contributed by atoms with van der Waals surface area (Å²) in [5.74, 6) is 0. The van der Waals surface area contributed by atoms with Crippen molar-refractivity contribution >= 4 is 9.52 Å². The fourth-order valence-electron chi connectivity index (χ4n) is 0.999. The Bertz CT molecular complexity index is 79.3. The van der Waals surface area contributed by atoms with Crippen molar-refractivity contribution < 1.29 is 0 Å². The summed E-state index contributed by atoms with van der Waals surface area (Å²) in [4.78, 5) is 2.47. The van der Waals surface area contributed by atoms with E-state index >= 15 is 0 Å². The summed E-state index contributed by atoms with van der Waals surface area (Å²) in [6, 6.07) is 1.39. The summed E-state index contributed by atoms with van der Waals surface area (Å²) in [5, 5.41) is 0. The van der Waals surface area contributed by atoms with Gasteiger partial charge in [-0.3, -0.25) is 0 Å². The summed E-state index contributed by atoms with van der Waals surface area (Å²) in [6.07, 6.45) is 0. The first-order valence-corrected chi connectivity index (χ1v) is 6.00. The van der Waals surface area contributed by atoms with Gasteiger partial charge < -0.3 is 4.90 Å². The molecule has 0 saturated heterocycles. The van der Waals surface area contributed by atoms with Gasteiger partial charge in [0, 0.05) is 9.52 Å². The summed E-state index contributed by atoms with van der Waals surface area (Å²) < 4.78 is 0. The van der Waals surface area contributed by atoms with Crippen LogP contribution in [0, 0.1) is 0 Å². The monoisotopic (exact) mass is 157 g/mol. The molecule has 0 aliphatic rings. The number of hydrogen-bond donors (Lipinski definition) is 0. The Morgan fingerprint density at radius 1 is 1.40 bits per heavy atom. The van der Waals surface area contributed by atoms with Gasteiger partial charge in [-0.05, 0) is 25.7 Å². The topological polar surface area (TPSA) is 3.24 Å². The van der Waals surface area contributed by atoms with Gasteiger partial charge in [-0.15, -0.1) is 12.3 Å². The SMILES string of the molecule is C=C[SiH2]CCN(CC)CC. The molecule has 0 aromatic rings. The van der Waals surface area contributed by atoms with Crippen LogP contribution in [0.3, 0.4) is 0 Å². The minimum atomic E-state index is 0.0825. The number of hydrogen-bond acceptors (Lipinski definition) is 1. The van der Waals surface area contributed by atoms with Crippen molar-refractivity contribution in [3.05, 3.63) is 12.3 Å². The lowest BCUT2D eigenvalue weighted by Gasteiger charge is -2.16. The maximum atomic E-state index is 3.75. The standard InChI is InChI=1S/C8H19NSi/c1-4-9(5-2)7-8-10-6-3/h6H,3-5,7-8,10H2,1-2H3. The summed E-state index contributed by atoms with van der Waals surface area (Å²) in [6.45, 7) is 11.9. The molecule has 0 spiro atoms. The molecule has 1 nitrogen and oxygen atoms in total. The van der Waals surface area contributed by atoms with Gasteiger partial charge in [0.1, 0.15) is 0 Å². The zero-order chi connectivity index (χ0) is 7.82. The molecule has 0 saturated carbocycles. The first kappa shape index (κ1) is 9.92. The van der Waals surface area contributed by atoms with Crippen LogP contribution in [0.25, 0.3) is 0 Å². The maximum absolute atomic E-state index is 3.75. The van der Waals surface area contributed by atoms with Gasteiger partial charge in [0.2, 0.25) is 0 Å². The van der Waals surface area contributed by atoms with Gasteiger partial charge in [0.15, 0.2) is 0 Å². The largest absolute Gasteiger partial charge is 0.304 e. The van der Waals surface area contributed by atoms with Crippen molar-refractivity contribution in [1.29, 1.82) is 0 Å². The van der Waals surface area contributed by atoms with Crippen LogP contribution in [0.15, 0.2) is 12.3 Å². The van der Waals surface area contributed by atoms with E-state index in [1.165, 1.54) is 25.7 Å². The van der Waals surface area contributed by atoms with E-state index in [0.29, 0.717) is 0 Å². The van der Waals surface area contributed by atoms with E-state index in [1.807, 2.05) is 0 Å². The summed E-state index contributed by atoms with van der Waals surface area (Å²) in [7, 11) is 0.0825. The van der Waals surface area contributed by atoms with Gasteiger partial charge in [-0.25, -0.2) is 0 Å². The van der Waals surface area contributed by atoms with Crippen molar-refractivity contribution in [2.24, 2.45) is 0 Å². The fourth-order valence-corrected chi connectivity index (χ4v) is 1.92. The van der Waals surface area contributed by atoms with E-state index in [2.05, 4.69) is 31.0 Å².